The Morgan fingerprint density at radius 3 is 2.08 bits per heavy atom. The van der Waals surface area contributed by atoms with Crippen LogP contribution in [0, 0.1) is 0 Å². The van der Waals surface area contributed by atoms with Crippen molar-refractivity contribution in [3.05, 3.63) is 21.5 Å². The molecule has 1 heteroatoms. The van der Waals surface area contributed by atoms with Gasteiger partial charge in [0.05, 0.1) is 0 Å². The second-order valence-corrected chi connectivity index (χ2v) is 16.8. The molecule has 1 rings (SSSR count). The minimum absolute atomic E-state index is 1.28. The zero-order chi connectivity index (χ0) is 9.03. The summed E-state index contributed by atoms with van der Waals surface area (Å²) in [5.41, 5.74) is 0. The normalized spacial score (nSPS) is 16.8. The summed E-state index contributed by atoms with van der Waals surface area (Å²) in [7, 11) is 0. The predicted octanol–water partition coefficient (Wildman–Crippen LogP) is 4.30. The van der Waals surface area contributed by atoms with Crippen LogP contribution in [0.1, 0.15) is 27.2 Å². The minimum atomic E-state index is -1.75. The van der Waals surface area contributed by atoms with Gasteiger partial charge >= 0.3 is 81.4 Å². The Labute approximate surface area is 81.2 Å². The summed E-state index contributed by atoms with van der Waals surface area (Å²) >= 11 is -1.75. The van der Waals surface area contributed by atoms with E-state index < -0.39 is 20.3 Å². The first-order valence-electron chi connectivity index (χ1n) is 5.15. The Hall–Kier alpha value is 0.363. The van der Waals surface area contributed by atoms with Crippen LogP contribution in [0.3, 0.4) is 0 Å². The first kappa shape index (κ1) is 10.4. The van der Waals surface area contributed by atoms with Gasteiger partial charge in [-0.3, -0.25) is 0 Å². The van der Waals surface area contributed by atoms with Crippen molar-refractivity contribution >= 4 is 0 Å². The van der Waals surface area contributed by atoms with Crippen molar-refractivity contribution in [1.29, 1.82) is 0 Å². The molecule has 0 saturated heterocycles. The van der Waals surface area contributed by atoms with Crippen LogP contribution >= 0.6 is 0 Å². The Bertz CT molecular complexity index is 189. The van der Waals surface area contributed by atoms with Crippen molar-refractivity contribution < 1.29 is 20.3 Å². The molecule has 12 heavy (non-hydrogen) atoms. The molecule has 0 aromatic carbocycles. The molecule has 0 bridgehead atoms. The number of allylic oxidation sites excluding steroid dienone is 4. The SMILES string of the molecule is C[CH2][Zr]([CH2]C)([CH2]C)[C]1=CC=CC1. The van der Waals surface area contributed by atoms with Crippen LogP contribution in [-0.4, -0.2) is 0 Å². The third-order valence-corrected chi connectivity index (χ3v) is 17.7. The molecule has 0 fully saturated rings. The Kier molecular flexibility index (Phi) is 3.97. The van der Waals surface area contributed by atoms with Gasteiger partial charge in [-0.1, -0.05) is 0 Å². The van der Waals surface area contributed by atoms with E-state index >= 15 is 0 Å². The van der Waals surface area contributed by atoms with Crippen molar-refractivity contribution in [2.24, 2.45) is 0 Å². The van der Waals surface area contributed by atoms with Gasteiger partial charge < -0.3 is 0 Å². The molecule has 0 atom stereocenters. The fourth-order valence-electron chi connectivity index (χ4n) is 2.27. The van der Waals surface area contributed by atoms with Crippen LogP contribution in [0.25, 0.3) is 0 Å². The summed E-state index contributed by atoms with van der Waals surface area (Å²) in [6.07, 6.45) is 8.27. The van der Waals surface area contributed by atoms with Crippen molar-refractivity contribution in [1.82, 2.24) is 0 Å². The summed E-state index contributed by atoms with van der Waals surface area (Å²) in [5, 5.41) is 0. The molecule has 0 unspecified atom stereocenters. The third-order valence-electron chi connectivity index (χ3n) is 3.48. The molecule has 0 spiro atoms. The van der Waals surface area contributed by atoms with Gasteiger partial charge in [0.2, 0.25) is 0 Å². The molecule has 0 aliphatic heterocycles. The van der Waals surface area contributed by atoms with Gasteiger partial charge in [-0.25, -0.2) is 0 Å². The number of hydrogen-bond acceptors (Lipinski definition) is 0. The number of hydrogen-bond donors (Lipinski definition) is 0. The van der Waals surface area contributed by atoms with Gasteiger partial charge in [0.25, 0.3) is 0 Å². The van der Waals surface area contributed by atoms with Crippen molar-refractivity contribution in [2.75, 3.05) is 0 Å². The zero-order valence-electron chi connectivity index (χ0n) is 8.56. The molecule has 0 N–H and O–H groups in total. The fourth-order valence-corrected chi connectivity index (χ4v) is 11.8. The quantitative estimate of drug-likeness (QED) is 0.691. The van der Waals surface area contributed by atoms with Crippen LogP contribution in [0.2, 0.25) is 12.4 Å². The zero-order valence-corrected chi connectivity index (χ0v) is 11.0. The van der Waals surface area contributed by atoms with E-state index in [1.165, 1.54) is 18.8 Å². The topological polar surface area (TPSA) is 0 Å². The molecule has 1 aliphatic carbocycles. The first-order valence-corrected chi connectivity index (χ1v) is 11.6. The van der Waals surface area contributed by atoms with Crippen molar-refractivity contribution in [2.45, 2.75) is 39.6 Å². The Balaban J connectivity index is 2.77. The average molecular weight is 244 g/mol. The van der Waals surface area contributed by atoms with Gasteiger partial charge in [-0.2, -0.15) is 0 Å². The molecule has 68 valence electrons. The van der Waals surface area contributed by atoms with Gasteiger partial charge in [-0.15, -0.1) is 0 Å². The van der Waals surface area contributed by atoms with E-state index in [4.69, 9.17) is 0 Å². The van der Waals surface area contributed by atoms with Crippen LogP contribution < -0.4 is 0 Å². The maximum atomic E-state index is 2.41. The van der Waals surface area contributed by atoms with Crippen LogP contribution in [0.15, 0.2) is 21.5 Å². The van der Waals surface area contributed by atoms with E-state index in [2.05, 4.69) is 39.0 Å². The summed E-state index contributed by atoms with van der Waals surface area (Å²) in [6, 6.07) is 0. The van der Waals surface area contributed by atoms with Crippen molar-refractivity contribution in [3.63, 3.8) is 0 Å². The number of rotatable bonds is 4. The van der Waals surface area contributed by atoms with E-state index in [1.54, 1.807) is 0 Å². The molecule has 0 amide bonds. The van der Waals surface area contributed by atoms with E-state index in [1.807, 2.05) is 3.28 Å². The predicted molar refractivity (Wildman–Crippen MR) is 53.3 cm³/mol. The van der Waals surface area contributed by atoms with Crippen LogP contribution in [0.5, 0.6) is 0 Å². The van der Waals surface area contributed by atoms with E-state index in [9.17, 15) is 0 Å². The Morgan fingerprint density at radius 2 is 1.75 bits per heavy atom. The van der Waals surface area contributed by atoms with E-state index in [-0.39, 0.29) is 0 Å². The standard InChI is InChI=1S/C5H5.3C2H5.Zr/c1-2-4-5-3-1;3*1-2;/h1-3H,4H2;3*1H2,2H3;. The molecule has 1 aliphatic rings. The summed E-state index contributed by atoms with van der Waals surface area (Å²) in [5.74, 6) is 0. The molecule has 0 aromatic heterocycles. The van der Waals surface area contributed by atoms with Crippen molar-refractivity contribution in [3.8, 4) is 0 Å². The molecule has 0 aromatic rings. The summed E-state index contributed by atoms with van der Waals surface area (Å²) in [4.78, 5) is 0. The summed E-state index contributed by atoms with van der Waals surface area (Å²) < 4.78 is 6.34. The third kappa shape index (κ3) is 1.82. The van der Waals surface area contributed by atoms with Gasteiger partial charge in [-0.05, 0) is 0 Å². The maximum absolute atomic E-state index is 2.41. The Morgan fingerprint density at radius 1 is 1.17 bits per heavy atom. The molecule has 0 nitrogen and oxygen atoms in total. The molecule has 0 radical (unpaired) electrons. The van der Waals surface area contributed by atoms with Crippen LogP contribution in [-0.2, 0) is 20.3 Å². The average Bonchev–Trinajstić information content (AvgIpc) is 2.62. The van der Waals surface area contributed by atoms with E-state index in [0.29, 0.717) is 0 Å². The summed E-state index contributed by atoms with van der Waals surface area (Å²) in [6.45, 7) is 7.22. The van der Waals surface area contributed by atoms with Gasteiger partial charge in [0, 0.05) is 0 Å². The van der Waals surface area contributed by atoms with Gasteiger partial charge in [0.15, 0.2) is 0 Å². The molecular formula is C11H20Zr. The van der Waals surface area contributed by atoms with E-state index in [0.717, 1.165) is 0 Å². The van der Waals surface area contributed by atoms with Crippen LogP contribution in [0.4, 0.5) is 0 Å². The van der Waals surface area contributed by atoms with Gasteiger partial charge in [0.1, 0.15) is 0 Å². The first-order chi connectivity index (χ1) is 5.79. The second kappa shape index (κ2) is 4.56. The monoisotopic (exact) mass is 242 g/mol. The second-order valence-electron chi connectivity index (χ2n) is 3.67. The molecule has 0 heterocycles. The molecule has 0 saturated carbocycles. The molecular weight excluding hydrogens is 223 g/mol. The fraction of sp³-hybridized carbons (Fsp3) is 0.636.